The number of rotatable bonds is 27. The molecule has 0 spiro atoms. The van der Waals surface area contributed by atoms with Crippen LogP contribution in [0.4, 0.5) is 5.13 Å². The van der Waals surface area contributed by atoms with E-state index in [1.807, 2.05) is 24.3 Å². The van der Waals surface area contributed by atoms with Gasteiger partial charge in [0, 0.05) is 23.8 Å². The molecule has 0 fully saturated rings. The van der Waals surface area contributed by atoms with E-state index in [0.29, 0.717) is 65.3 Å². The lowest BCUT2D eigenvalue weighted by Gasteiger charge is -2.11. The first-order valence-corrected chi connectivity index (χ1v) is 21.2. The molecular weight excluding hydrogens is 811 g/mol. The van der Waals surface area contributed by atoms with Gasteiger partial charge >= 0.3 is 17.9 Å². The monoisotopic (exact) mass is 861 g/mol. The highest BCUT2D eigenvalue weighted by Crippen LogP contribution is 2.28. The molecule has 14 heteroatoms. The molecule has 0 aliphatic carbocycles. The zero-order valence-corrected chi connectivity index (χ0v) is 35.6. The van der Waals surface area contributed by atoms with Gasteiger partial charge < -0.3 is 28.4 Å². The van der Waals surface area contributed by atoms with Crippen LogP contribution < -0.4 is 24.4 Å². The minimum atomic E-state index is -0.599. The van der Waals surface area contributed by atoms with E-state index in [9.17, 15) is 19.2 Å². The molecule has 324 valence electrons. The van der Waals surface area contributed by atoms with Crippen molar-refractivity contribution in [3.8, 4) is 23.0 Å². The van der Waals surface area contributed by atoms with E-state index >= 15 is 0 Å². The third-order valence-corrected chi connectivity index (χ3v) is 10.1. The van der Waals surface area contributed by atoms with Gasteiger partial charge in [-0.15, -0.1) is 0 Å². The number of nitrogens with zero attached hydrogens (tertiary/aromatic N) is 2. The minimum Gasteiger partial charge on any atom is -0.494 e. The quantitative estimate of drug-likeness (QED) is 0.0133. The number of fused-ring (bicyclic) bond motifs is 1. The number of para-hydroxylation sites is 1. The van der Waals surface area contributed by atoms with Crippen LogP contribution in [0.15, 0.2) is 121 Å². The van der Waals surface area contributed by atoms with Gasteiger partial charge in [0.2, 0.25) is 5.13 Å². The lowest BCUT2D eigenvalue weighted by atomic mass is 10.2. The molecule has 0 aliphatic rings. The van der Waals surface area contributed by atoms with Crippen molar-refractivity contribution in [1.29, 1.82) is 0 Å². The lowest BCUT2D eigenvalue weighted by Crippen LogP contribution is -2.11. The zero-order chi connectivity index (χ0) is 43.9. The van der Waals surface area contributed by atoms with E-state index in [1.165, 1.54) is 36.6 Å². The predicted octanol–water partition coefficient (Wildman–Crippen LogP) is 9.95. The highest BCUT2D eigenvalue weighted by atomic mass is 32.1. The summed E-state index contributed by atoms with van der Waals surface area (Å²) in [5.41, 5.74) is 5.24. The number of anilines is 1. The fraction of sp³-hybridized carbons (Fsp3) is 0.292. The molecular formula is C48H51N3O10S. The average molecular weight is 862 g/mol. The average Bonchev–Trinajstić information content (AvgIpc) is 3.70. The summed E-state index contributed by atoms with van der Waals surface area (Å²) in [4.78, 5) is 53.3. The zero-order valence-electron chi connectivity index (χ0n) is 34.8. The SMILES string of the molecule is C=CC(=O)OCCCCCCOc1ccc(C(=O)Oc2ccc(OC(=O)c3ccc(OCCCCCCOCC(=C)C(C)=O)cc3)c(/C=N/Nc3nc4ccccc4s3)c2)cc1. The normalized spacial score (nSPS) is 10.9. The van der Waals surface area contributed by atoms with Gasteiger partial charge in [-0.05, 0) is 131 Å². The van der Waals surface area contributed by atoms with Crippen molar-refractivity contribution in [2.75, 3.05) is 38.5 Å². The Balaban J connectivity index is 1.13. The van der Waals surface area contributed by atoms with Crippen molar-refractivity contribution in [3.05, 3.63) is 132 Å². The number of unbranched alkanes of at least 4 members (excludes halogenated alkanes) is 6. The Morgan fingerprint density at radius 3 is 1.90 bits per heavy atom. The molecule has 0 unspecified atom stereocenters. The van der Waals surface area contributed by atoms with Crippen LogP contribution in [0.3, 0.4) is 0 Å². The largest absolute Gasteiger partial charge is 0.494 e. The van der Waals surface area contributed by atoms with Gasteiger partial charge in [0.25, 0.3) is 0 Å². The second kappa shape index (κ2) is 25.2. The fourth-order valence-electron chi connectivity index (χ4n) is 5.69. The smallest absolute Gasteiger partial charge is 0.343 e. The summed E-state index contributed by atoms with van der Waals surface area (Å²) in [5.74, 6) is -0.00894. The molecule has 0 bridgehead atoms. The first-order chi connectivity index (χ1) is 30.2. The second-order valence-corrected chi connectivity index (χ2v) is 15.0. The van der Waals surface area contributed by atoms with Gasteiger partial charge in [-0.2, -0.15) is 5.10 Å². The topological polar surface area (TPSA) is 161 Å². The molecule has 0 saturated carbocycles. The molecule has 0 saturated heterocycles. The maximum atomic E-state index is 13.3. The molecule has 4 aromatic carbocycles. The van der Waals surface area contributed by atoms with Gasteiger partial charge in [0.15, 0.2) is 5.78 Å². The number of Topliss-reactive ketones (excluding diaryl/α,β-unsaturated/α-hetero) is 1. The predicted molar refractivity (Wildman–Crippen MR) is 240 cm³/mol. The van der Waals surface area contributed by atoms with E-state index < -0.39 is 17.9 Å². The van der Waals surface area contributed by atoms with Gasteiger partial charge in [-0.25, -0.2) is 19.4 Å². The molecule has 62 heavy (non-hydrogen) atoms. The van der Waals surface area contributed by atoms with Crippen molar-refractivity contribution in [2.45, 2.75) is 58.3 Å². The van der Waals surface area contributed by atoms with Crippen LogP contribution in [0.1, 0.15) is 84.6 Å². The van der Waals surface area contributed by atoms with E-state index in [2.05, 4.69) is 28.7 Å². The number of ketones is 1. The van der Waals surface area contributed by atoms with Crippen LogP contribution in [0.25, 0.3) is 10.2 Å². The molecule has 0 aliphatic heterocycles. The van der Waals surface area contributed by atoms with E-state index in [1.54, 1.807) is 54.6 Å². The summed E-state index contributed by atoms with van der Waals surface area (Å²) in [6.07, 6.45) is 9.73. The molecule has 0 radical (unpaired) electrons. The number of carbonyl (C=O) groups excluding carboxylic acids is 4. The molecule has 0 amide bonds. The number of nitrogens with one attached hydrogen (secondary N) is 1. The number of hydrogen-bond donors (Lipinski definition) is 1. The number of hydrogen-bond acceptors (Lipinski definition) is 14. The molecule has 5 aromatic rings. The van der Waals surface area contributed by atoms with E-state index in [4.69, 9.17) is 28.4 Å². The van der Waals surface area contributed by atoms with Gasteiger partial charge in [0.05, 0.1) is 54.0 Å². The number of esters is 3. The van der Waals surface area contributed by atoms with Crippen molar-refractivity contribution in [2.24, 2.45) is 5.10 Å². The highest BCUT2D eigenvalue weighted by molar-refractivity contribution is 7.22. The maximum absolute atomic E-state index is 13.3. The standard InChI is InChI=1S/C48H51N3O10S/c1-4-45(53)59-30-14-8-7-13-29-58-39-21-17-36(18-22-39)46(54)60-41-25-26-43(38(31-41)32-49-51-48-50-42-15-9-10-16-44(42)62-48)61-47(55)37-19-23-40(24-20-37)57-28-12-6-5-11-27-56-33-34(2)35(3)52/h4,9-10,15-26,31-32H,1-2,5-8,11-14,27-30,33H2,3H3,(H,50,51)/b49-32+. The second-order valence-electron chi connectivity index (χ2n) is 14.0. The maximum Gasteiger partial charge on any atom is 0.343 e. The van der Waals surface area contributed by atoms with Crippen LogP contribution in [-0.4, -0.2) is 67.9 Å². The van der Waals surface area contributed by atoms with E-state index in [-0.39, 0.29) is 23.9 Å². The third-order valence-electron chi connectivity index (χ3n) is 9.18. The molecule has 1 aromatic heterocycles. The van der Waals surface area contributed by atoms with Gasteiger partial charge in [0.1, 0.15) is 23.0 Å². The van der Waals surface area contributed by atoms with Crippen molar-refractivity contribution >= 4 is 56.6 Å². The number of carbonyl (C=O) groups is 4. The lowest BCUT2D eigenvalue weighted by molar-refractivity contribution is -0.137. The van der Waals surface area contributed by atoms with Gasteiger partial charge in [-0.1, -0.05) is 43.0 Å². The van der Waals surface area contributed by atoms with E-state index in [0.717, 1.165) is 67.7 Å². The number of ether oxygens (including phenoxy) is 6. The van der Waals surface area contributed by atoms with Crippen molar-refractivity contribution in [3.63, 3.8) is 0 Å². The minimum absolute atomic E-state index is 0.0561. The number of aromatic nitrogens is 1. The molecule has 1 N–H and O–H groups in total. The van der Waals surface area contributed by atoms with Crippen LogP contribution in [0.5, 0.6) is 23.0 Å². The number of thiazole rings is 1. The third kappa shape index (κ3) is 15.8. The summed E-state index contributed by atoms with van der Waals surface area (Å²) in [6.45, 7) is 10.8. The highest BCUT2D eigenvalue weighted by Gasteiger charge is 2.15. The molecule has 13 nitrogen and oxygen atoms in total. The number of benzene rings is 4. The van der Waals surface area contributed by atoms with Crippen molar-refractivity contribution in [1.82, 2.24) is 4.98 Å². The number of hydrazone groups is 1. The summed E-state index contributed by atoms with van der Waals surface area (Å²) in [6, 6.07) is 25.7. The first-order valence-electron chi connectivity index (χ1n) is 20.4. The Labute approximate surface area is 365 Å². The van der Waals surface area contributed by atoms with Crippen LogP contribution in [0.2, 0.25) is 0 Å². The summed E-state index contributed by atoms with van der Waals surface area (Å²) >= 11 is 1.44. The van der Waals surface area contributed by atoms with Gasteiger partial charge in [-0.3, -0.25) is 10.2 Å². The van der Waals surface area contributed by atoms with Crippen LogP contribution in [-0.2, 0) is 19.1 Å². The van der Waals surface area contributed by atoms with Crippen molar-refractivity contribution < 1.29 is 47.6 Å². The first kappa shape index (κ1) is 46.4. The Kier molecular flexibility index (Phi) is 18.9. The Morgan fingerprint density at radius 1 is 0.710 bits per heavy atom. The summed E-state index contributed by atoms with van der Waals surface area (Å²) < 4.78 is 34.7. The summed E-state index contributed by atoms with van der Waals surface area (Å²) in [7, 11) is 0. The fourth-order valence-corrected chi connectivity index (χ4v) is 6.50. The Morgan fingerprint density at radius 2 is 1.29 bits per heavy atom. The Bertz CT molecular complexity index is 2270. The van der Waals surface area contributed by atoms with Crippen LogP contribution >= 0.6 is 11.3 Å². The molecule has 1 heterocycles. The molecule has 5 rings (SSSR count). The Hall–Kier alpha value is -6.64. The molecule has 0 atom stereocenters. The summed E-state index contributed by atoms with van der Waals surface area (Å²) in [5, 5.41) is 4.92. The van der Waals surface area contributed by atoms with Crippen LogP contribution in [0, 0.1) is 0 Å².